The van der Waals surface area contributed by atoms with E-state index in [2.05, 4.69) is 40.3 Å². The molecule has 1 amide bonds. The number of rotatable bonds is 5. The number of hydrogen-bond donors (Lipinski definition) is 1. The summed E-state index contributed by atoms with van der Waals surface area (Å²) in [4.78, 5) is 19.4. The highest BCUT2D eigenvalue weighted by Crippen LogP contribution is 2.37. The third-order valence-corrected chi connectivity index (χ3v) is 4.95. The summed E-state index contributed by atoms with van der Waals surface area (Å²) in [5, 5.41) is 2.90. The molecule has 1 aliphatic rings. The highest BCUT2D eigenvalue weighted by atomic mass is 16.5. The lowest BCUT2D eigenvalue weighted by atomic mass is 10.1. The highest BCUT2D eigenvalue weighted by molar-refractivity contribution is 6.04. The van der Waals surface area contributed by atoms with Gasteiger partial charge in [-0.3, -0.25) is 4.79 Å². The van der Waals surface area contributed by atoms with Crippen molar-refractivity contribution in [3.05, 3.63) is 78.0 Å². The van der Waals surface area contributed by atoms with Crippen molar-refractivity contribution < 1.29 is 9.53 Å². The van der Waals surface area contributed by atoms with E-state index in [1.54, 1.807) is 6.20 Å². The summed E-state index contributed by atoms with van der Waals surface area (Å²) >= 11 is 0. The van der Waals surface area contributed by atoms with Gasteiger partial charge in [0.1, 0.15) is 11.6 Å². The van der Waals surface area contributed by atoms with Crippen LogP contribution in [0.4, 0.5) is 17.2 Å². The van der Waals surface area contributed by atoms with E-state index in [0.717, 1.165) is 23.7 Å². The average Bonchev–Trinajstić information content (AvgIpc) is 3.05. The monoisotopic (exact) mass is 387 g/mol. The number of amides is 1. The highest BCUT2D eigenvalue weighted by Gasteiger charge is 2.27. The zero-order valence-electron chi connectivity index (χ0n) is 16.9. The molecule has 0 bridgehead atoms. The van der Waals surface area contributed by atoms with Crippen molar-refractivity contribution in [3.8, 4) is 5.75 Å². The van der Waals surface area contributed by atoms with E-state index < -0.39 is 0 Å². The zero-order chi connectivity index (χ0) is 20.4. The van der Waals surface area contributed by atoms with Crippen molar-refractivity contribution in [1.82, 2.24) is 4.98 Å². The summed E-state index contributed by atoms with van der Waals surface area (Å²) in [5.41, 5.74) is 3.76. The molecule has 4 rings (SSSR count). The van der Waals surface area contributed by atoms with E-state index in [1.165, 1.54) is 11.3 Å². The first-order chi connectivity index (χ1) is 14.0. The Balaban J connectivity index is 1.46. The van der Waals surface area contributed by atoms with Gasteiger partial charge >= 0.3 is 0 Å². The van der Waals surface area contributed by atoms with Gasteiger partial charge < -0.3 is 15.0 Å². The number of nitrogens with zero attached hydrogens (tertiary/aromatic N) is 2. The summed E-state index contributed by atoms with van der Waals surface area (Å²) in [6.07, 6.45) is 2.75. The molecule has 5 heteroatoms. The maximum atomic E-state index is 12.6. The lowest BCUT2D eigenvalue weighted by Gasteiger charge is -2.23. The van der Waals surface area contributed by atoms with Crippen LogP contribution in [0.25, 0.3) is 0 Å². The third-order valence-electron chi connectivity index (χ3n) is 4.95. The van der Waals surface area contributed by atoms with Gasteiger partial charge in [0, 0.05) is 23.6 Å². The summed E-state index contributed by atoms with van der Waals surface area (Å²) in [5.74, 6) is 1.45. The number of anilines is 3. The van der Waals surface area contributed by atoms with Crippen LogP contribution < -0.4 is 15.0 Å². The van der Waals surface area contributed by atoms with Crippen molar-refractivity contribution in [2.24, 2.45) is 0 Å². The fourth-order valence-electron chi connectivity index (χ4n) is 3.67. The summed E-state index contributed by atoms with van der Waals surface area (Å²) in [6.45, 7) is 6.15. The molecule has 1 aliphatic heterocycles. The Labute approximate surface area is 171 Å². The molecular weight excluding hydrogens is 362 g/mol. The fourth-order valence-corrected chi connectivity index (χ4v) is 3.67. The standard InChI is InChI=1S/C24H25N3O2/c1-16(2)29-21-11-9-20(10-12-21)26-24(28)19-8-13-23(25-15-19)27-17(3)14-18-6-4-5-7-22(18)27/h4-13,15-17H,14H2,1-3H3,(H,26,28). The minimum absolute atomic E-state index is 0.116. The summed E-state index contributed by atoms with van der Waals surface area (Å²) in [7, 11) is 0. The number of ether oxygens (including phenoxy) is 1. The van der Waals surface area contributed by atoms with Gasteiger partial charge in [0.15, 0.2) is 0 Å². The number of fused-ring (bicyclic) bond motifs is 1. The molecule has 1 atom stereocenters. The number of carbonyl (C=O) groups excluding carboxylic acids is 1. The van der Waals surface area contributed by atoms with Crippen LogP contribution in [0, 0.1) is 0 Å². The number of pyridine rings is 1. The first-order valence-corrected chi connectivity index (χ1v) is 9.92. The van der Waals surface area contributed by atoms with Gasteiger partial charge in [-0.25, -0.2) is 4.98 Å². The quantitative estimate of drug-likeness (QED) is 0.653. The Morgan fingerprint density at radius 2 is 1.86 bits per heavy atom. The van der Waals surface area contributed by atoms with E-state index in [1.807, 2.05) is 56.3 Å². The topological polar surface area (TPSA) is 54.5 Å². The molecule has 0 aliphatic carbocycles. The van der Waals surface area contributed by atoms with Gasteiger partial charge in [0.05, 0.1) is 11.7 Å². The maximum Gasteiger partial charge on any atom is 0.257 e. The molecule has 3 aromatic rings. The normalized spacial score (nSPS) is 15.3. The molecule has 29 heavy (non-hydrogen) atoms. The molecule has 0 saturated carbocycles. The van der Waals surface area contributed by atoms with Crippen LogP contribution in [-0.2, 0) is 6.42 Å². The molecule has 5 nitrogen and oxygen atoms in total. The van der Waals surface area contributed by atoms with Crippen LogP contribution in [0.2, 0.25) is 0 Å². The van der Waals surface area contributed by atoms with Crippen LogP contribution in [0.1, 0.15) is 36.7 Å². The van der Waals surface area contributed by atoms with E-state index in [4.69, 9.17) is 4.74 Å². The predicted octanol–water partition coefficient (Wildman–Crippen LogP) is 5.20. The first kappa shape index (κ1) is 19.0. The summed E-state index contributed by atoms with van der Waals surface area (Å²) < 4.78 is 5.63. The number of benzene rings is 2. The van der Waals surface area contributed by atoms with Gasteiger partial charge in [-0.15, -0.1) is 0 Å². The number of nitrogens with one attached hydrogen (secondary N) is 1. The first-order valence-electron chi connectivity index (χ1n) is 9.92. The molecule has 1 aromatic heterocycles. The number of carbonyl (C=O) groups is 1. The zero-order valence-corrected chi connectivity index (χ0v) is 16.9. The van der Waals surface area contributed by atoms with Crippen molar-refractivity contribution in [3.63, 3.8) is 0 Å². The minimum atomic E-state index is -0.184. The largest absolute Gasteiger partial charge is 0.491 e. The van der Waals surface area contributed by atoms with Gasteiger partial charge in [-0.1, -0.05) is 18.2 Å². The average molecular weight is 387 g/mol. The lowest BCUT2D eigenvalue weighted by molar-refractivity contribution is 0.102. The van der Waals surface area contributed by atoms with Crippen molar-refractivity contribution >= 4 is 23.1 Å². The van der Waals surface area contributed by atoms with Gasteiger partial charge in [-0.2, -0.15) is 0 Å². The Morgan fingerprint density at radius 3 is 2.55 bits per heavy atom. The fraction of sp³-hybridized carbons (Fsp3) is 0.250. The Morgan fingerprint density at radius 1 is 1.10 bits per heavy atom. The number of aromatic nitrogens is 1. The van der Waals surface area contributed by atoms with Crippen LogP contribution in [0.3, 0.4) is 0 Å². The molecule has 1 unspecified atom stereocenters. The minimum Gasteiger partial charge on any atom is -0.491 e. The van der Waals surface area contributed by atoms with E-state index >= 15 is 0 Å². The summed E-state index contributed by atoms with van der Waals surface area (Å²) in [6, 6.07) is 19.8. The third kappa shape index (κ3) is 4.09. The molecule has 0 spiro atoms. The number of hydrogen-bond acceptors (Lipinski definition) is 4. The Bertz CT molecular complexity index is 997. The Hall–Kier alpha value is -3.34. The van der Waals surface area contributed by atoms with Crippen LogP contribution in [0.5, 0.6) is 5.75 Å². The van der Waals surface area contributed by atoms with Crippen molar-refractivity contribution in [2.45, 2.75) is 39.3 Å². The van der Waals surface area contributed by atoms with Crippen LogP contribution in [0.15, 0.2) is 66.9 Å². The van der Waals surface area contributed by atoms with Crippen molar-refractivity contribution in [1.29, 1.82) is 0 Å². The molecule has 0 radical (unpaired) electrons. The van der Waals surface area contributed by atoms with Crippen LogP contribution in [-0.4, -0.2) is 23.0 Å². The van der Waals surface area contributed by atoms with Crippen LogP contribution >= 0.6 is 0 Å². The number of para-hydroxylation sites is 1. The van der Waals surface area contributed by atoms with Gasteiger partial charge in [0.2, 0.25) is 0 Å². The second-order valence-corrected chi connectivity index (χ2v) is 7.60. The lowest BCUT2D eigenvalue weighted by Crippen LogP contribution is -2.25. The second kappa shape index (κ2) is 7.95. The van der Waals surface area contributed by atoms with Gasteiger partial charge in [0.25, 0.3) is 5.91 Å². The Kier molecular flexibility index (Phi) is 5.21. The predicted molar refractivity (Wildman–Crippen MR) is 116 cm³/mol. The molecule has 2 aromatic carbocycles. The second-order valence-electron chi connectivity index (χ2n) is 7.60. The molecule has 2 heterocycles. The van der Waals surface area contributed by atoms with Crippen molar-refractivity contribution in [2.75, 3.05) is 10.2 Å². The molecule has 1 N–H and O–H groups in total. The van der Waals surface area contributed by atoms with E-state index in [0.29, 0.717) is 11.6 Å². The molecule has 0 saturated heterocycles. The molecular formula is C24H25N3O2. The smallest absolute Gasteiger partial charge is 0.257 e. The molecule has 0 fully saturated rings. The van der Waals surface area contributed by atoms with E-state index in [-0.39, 0.29) is 12.0 Å². The maximum absolute atomic E-state index is 12.6. The molecule has 148 valence electrons. The van der Waals surface area contributed by atoms with Gasteiger partial charge in [-0.05, 0) is 75.2 Å². The SMILES string of the molecule is CC(C)Oc1ccc(NC(=O)c2ccc(N3c4ccccc4CC3C)nc2)cc1. The van der Waals surface area contributed by atoms with E-state index in [9.17, 15) is 4.79 Å².